The van der Waals surface area contributed by atoms with Gasteiger partial charge in [0.2, 0.25) is 5.91 Å². The first kappa shape index (κ1) is 17.9. The number of carbonyl (C=O) groups is 1. The minimum absolute atomic E-state index is 0.112. The fraction of sp³-hybridized carbons (Fsp3) is 0.200. The third-order valence-corrected chi connectivity index (χ3v) is 4.59. The molecular formula is C20H20N2O3S. The van der Waals surface area contributed by atoms with Gasteiger partial charge in [-0.2, -0.15) is 0 Å². The Kier molecular flexibility index (Phi) is 6.22. The molecule has 0 unspecified atom stereocenters. The van der Waals surface area contributed by atoms with Crippen molar-refractivity contribution >= 4 is 22.4 Å². The maximum Gasteiger partial charge on any atom is 0.229 e. The van der Waals surface area contributed by atoms with Gasteiger partial charge >= 0.3 is 0 Å². The van der Waals surface area contributed by atoms with Crippen LogP contribution >= 0.6 is 11.3 Å². The number of rotatable bonds is 8. The van der Waals surface area contributed by atoms with E-state index in [1.165, 1.54) is 16.9 Å². The number of carbonyl (C=O) groups excluding carboxylic acids is 1. The summed E-state index contributed by atoms with van der Waals surface area (Å²) < 4.78 is 10.7. The van der Waals surface area contributed by atoms with Gasteiger partial charge in [0.1, 0.15) is 11.5 Å². The number of benzene rings is 2. The number of hydrogen-bond donors (Lipinski definition) is 1. The van der Waals surface area contributed by atoms with E-state index in [-0.39, 0.29) is 12.3 Å². The van der Waals surface area contributed by atoms with Gasteiger partial charge in [0.15, 0.2) is 5.13 Å². The van der Waals surface area contributed by atoms with Crippen molar-refractivity contribution in [2.24, 2.45) is 0 Å². The molecule has 0 saturated carbocycles. The van der Waals surface area contributed by atoms with Crippen molar-refractivity contribution in [1.82, 2.24) is 4.98 Å². The highest BCUT2D eigenvalue weighted by molar-refractivity contribution is 7.15. The molecule has 0 aliphatic heterocycles. The Labute approximate surface area is 156 Å². The van der Waals surface area contributed by atoms with Crippen LogP contribution in [0.3, 0.4) is 0 Å². The number of anilines is 1. The summed E-state index contributed by atoms with van der Waals surface area (Å²) >= 11 is 1.49. The summed E-state index contributed by atoms with van der Waals surface area (Å²) in [5, 5.41) is 3.44. The Balaban J connectivity index is 1.43. The zero-order valence-electron chi connectivity index (χ0n) is 14.5. The molecule has 0 atom stereocenters. The lowest BCUT2D eigenvalue weighted by atomic mass is 10.1. The molecule has 0 bridgehead atoms. The van der Waals surface area contributed by atoms with Gasteiger partial charge < -0.3 is 14.8 Å². The predicted molar refractivity (Wildman–Crippen MR) is 103 cm³/mol. The molecule has 0 aliphatic rings. The molecular weight excluding hydrogens is 348 g/mol. The minimum atomic E-state index is -0.112. The van der Waals surface area contributed by atoms with Crippen molar-refractivity contribution in [3.8, 4) is 11.5 Å². The van der Waals surface area contributed by atoms with E-state index in [9.17, 15) is 4.79 Å². The molecule has 1 amide bonds. The maximum atomic E-state index is 12.0. The lowest BCUT2D eigenvalue weighted by Crippen LogP contribution is -2.14. The van der Waals surface area contributed by atoms with Crippen LogP contribution in [-0.4, -0.2) is 24.6 Å². The number of nitrogens with one attached hydrogen (secondary N) is 1. The normalized spacial score (nSPS) is 10.3. The van der Waals surface area contributed by atoms with Gasteiger partial charge in [-0.15, -0.1) is 11.3 Å². The fourth-order valence-corrected chi connectivity index (χ4v) is 3.22. The molecule has 26 heavy (non-hydrogen) atoms. The number of hydrogen-bond acceptors (Lipinski definition) is 5. The van der Waals surface area contributed by atoms with Gasteiger partial charge in [0.25, 0.3) is 0 Å². The molecule has 2 aromatic carbocycles. The van der Waals surface area contributed by atoms with Crippen LogP contribution in [0.5, 0.6) is 11.5 Å². The second-order valence-electron chi connectivity index (χ2n) is 5.62. The van der Waals surface area contributed by atoms with Crippen LogP contribution in [0.15, 0.2) is 60.8 Å². The Morgan fingerprint density at radius 1 is 1.08 bits per heavy atom. The van der Waals surface area contributed by atoms with Gasteiger partial charge in [0, 0.05) is 17.5 Å². The van der Waals surface area contributed by atoms with E-state index in [2.05, 4.69) is 22.4 Å². The lowest BCUT2D eigenvalue weighted by molar-refractivity contribution is -0.116. The van der Waals surface area contributed by atoms with Gasteiger partial charge in [-0.3, -0.25) is 4.79 Å². The van der Waals surface area contributed by atoms with E-state index in [1.807, 2.05) is 42.5 Å². The topological polar surface area (TPSA) is 60.5 Å². The molecule has 0 spiro atoms. The van der Waals surface area contributed by atoms with Crippen LogP contribution in [-0.2, 0) is 11.2 Å². The predicted octanol–water partition coefficient (Wildman–Crippen LogP) is 4.15. The molecule has 1 heterocycles. The second-order valence-corrected chi connectivity index (χ2v) is 6.73. The van der Waals surface area contributed by atoms with Crippen molar-refractivity contribution in [3.05, 3.63) is 71.2 Å². The van der Waals surface area contributed by atoms with E-state index in [4.69, 9.17) is 9.47 Å². The molecule has 5 nitrogen and oxygen atoms in total. The second kappa shape index (κ2) is 9.01. The summed E-state index contributed by atoms with van der Waals surface area (Å²) in [4.78, 5) is 17.4. The molecule has 0 radical (unpaired) electrons. The summed E-state index contributed by atoms with van der Waals surface area (Å²) in [5.41, 5.74) is 1.22. The number of ether oxygens (including phenoxy) is 2. The fourth-order valence-electron chi connectivity index (χ4n) is 2.36. The molecule has 1 N–H and O–H groups in total. The SMILES string of the molecule is COc1ccc(OCCC(=O)Nc2ncc(Cc3ccccc3)s2)cc1. The third-order valence-electron chi connectivity index (χ3n) is 3.68. The van der Waals surface area contributed by atoms with E-state index in [0.717, 1.165) is 17.0 Å². The number of nitrogens with zero attached hydrogens (tertiary/aromatic N) is 1. The quantitative estimate of drug-likeness (QED) is 0.649. The standard InChI is InChI=1S/C20H20N2O3S/c1-24-16-7-9-17(10-8-16)25-12-11-19(23)22-20-21-14-18(26-20)13-15-5-3-2-4-6-15/h2-10,14H,11-13H2,1H3,(H,21,22,23). The number of thiazole rings is 1. The third kappa shape index (κ3) is 5.32. The van der Waals surface area contributed by atoms with Crippen LogP contribution in [0, 0.1) is 0 Å². The molecule has 0 aliphatic carbocycles. The summed E-state index contributed by atoms with van der Waals surface area (Å²) in [7, 11) is 1.62. The Morgan fingerprint density at radius 3 is 2.54 bits per heavy atom. The molecule has 0 saturated heterocycles. The monoisotopic (exact) mass is 368 g/mol. The Hall–Kier alpha value is -2.86. The van der Waals surface area contributed by atoms with E-state index < -0.39 is 0 Å². The summed E-state index contributed by atoms with van der Waals surface area (Å²) in [5.74, 6) is 1.36. The first-order valence-electron chi connectivity index (χ1n) is 8.28. The minimum Gasteiger partial charge on any atom is -0.497 e. The van der Waals surface area contributed by atoms with Crippen LogP contribution in [0.4, 0.5) is 5.13 Å². The summed E-state index contributed by atoms with van der Waals surface area (Å²) in [6.07, 6.45) is 2.88. The molecule has 3 aromatic rings. The van der Waals surface area contributed by atoms with E-state index in [0.29, 0.717) is 17.5 Å². The highest BCUT2D eigenvalue weighted by Crippen LogP contribution is 2.21. The van der Waals surface area contributed by atoms with Crippen LogP contribution in [0.25, 0.3) is 0 Å². The Morgan fingerprint density at radius 2 is 1.81 bits per heavy atom. The maximum absolute atomic E-state index is 12.0. The lowest BCUT2D eigenvalue weighted by Gasteiger charge is -2.06. The largest absolute Gasteiger partial charge is 0.497 e. The van der Waals surface area contributed by atoms with Gasteiger partial charge in [-0.1, -0.05) is 30.3 Å². The zero-order valence-corrected chi connectivity index (χ0v) is 15.3. The smallest absolute Gasteiger partial charge is 0.229 e. The van der Waals surface area contributed by atoms with Crippen molar-refractivity contribution in [3.63, 3.8) is 0 Å². The summed E-state index contributed by atoms with van der Waals surface area (Å²) in [6, 6.07) is 17.4. The average Bonchev–Trinajstić information content (AvgIpc) is 3.10. The highest BCUT2D eigenvalue weighted by Gasteiger charge is 2.08. The van der Waals surface area contributed by atoms with Crippen LogP contribution in [0.2, 0.25) is 0 Å². The van der Waals surface area contributed by atoms with Crippen molar-refractivity contribution < 1.29 is 14.3 Å². The average molecular weight is 368 g/mol. The first-order chi connectivity index (χ1) is 12.7. The van der Waals surface area contributed by atoms with Crippen molar-refractivity contribution in [2.45, 2.75) is 12.8 Å². The van der Waals surface area contributed by atoms with Gasteiger partial charge in [0.05, 0.1) is 20.1 Å². The zero-order chi connectivity index (χ0) is 18.2. The number of amides is 1. The van der Waals surface area contributed by atoms with E-state index >= 15 is 0 Å². The molecule has 3 rings (SSSR count). The number of methoxy groups -OCH3 is 1. The number of aromatic nitrogens is 1. The van der Waals surface area contributed by atoms with Crippen LogP contribution in [0.1, 0.15) is 16.9 Å². The van der Waals surface area contributed by atoms with Crippen molar-refractivity contribution in [2.75, 3.05) is 19.0 Å². The van der Waals surface area contributed by atoms with Gasteiger partial charge in [-0.25, -0.2) is 4.98 Å². The molecule has 1 aromatic heterocycles. The van der Waals surface area contributed by atoms with Crippen molar-refractivity contribution in [1.29, 1.82) is 0 Å². The molecule has 134 valence electrons. The van der Waals surface area contributed by atoms with E-state index in [1.54, 1.807) is 13.3 Å². The van der Waals surface area contributed by atoms with Crippen LogP contribution < -0.4 is 14.8 Å². The van der Waals surface area contributed by atoms with Gasteiger partial charge in [-0.05, 0) is 29.8 Å². The first-order valence-corrected chi connectivity index (χ1v) is 9.10. The summed E-state index contributed by atoms with van der Waals surface area (Å²) in [6.45, 7) is 0.306. The molecule has 0 fully saturated rings. The highest BCUT2D eigenvalue weighted by atomic mass is 32.1. The Bertz CT molecular complexity index is 832. The molecule has 6 heteroatoms.